The van der Waals surface area contributed by atoms with E-state index in [1.165, 1.54) is 6.33 Å². The molecule has 0 amide bonds. The molecule has 0 aliphatic rings. The molecule has 7 nitrogen and oxygen atoms in total. The highest BCUT2D eigenvalue weighted by atomic mass is 16.5. The Labute approximate surface area is 156 Å². The Morgan fingerprint density at radius 3 is 2.48 bits per heavy atom. The number of nitrogens with zero attached hydrogens (tertiary/aromatic N) is 3. The van der Waals surface area contributed by atoms with Crippen LogP contribution in [0.2, 0.25) is 0 Å². The van der Waals surface area contributed by atoms with Gasteiger partial charge in [-0.2, -0.15) is 5.26 Å². The van der Waals surface area contributed by atoms with Crippen molar-refractivity contribution in [3.05, 3.63) is 72.1 Å². The third-order valence-electron chi connectivity index (χ3n) is 3.64. The van der Waals surface area contributed by atoms with Crippen molar-refractivity contribution in [2.45, 2.75) is 6.92 Å². The molecule has 0 saturated carbocycles. The fourth-order valence-corrected chi connectivity index (χ4v) is 2.39. The van der Waals surface area contributed by atoms with Crippen molar-refractivity contribution in [1.82, 2.24) is 9.97 Å². The van der Waals surface area contributed by atoms with Gasteiger partial charge in [-0.1, -0.05) is 12.1 Å². The second kappa shape index (κ2) is 8.45. The van der Waals surface area contributed by atoms with E-state index in [2.05, 4.69) is 26.7 Å². The lowest BCUT2D eigenvalue weighted by atomic mass is 10.2. The number of nitriles is 1. The molecule has 7 heteroatoms. The first-order chi connectivity index (χ1) is 13.2. The molecule has 0 spiro atoms. The fourth-order valence-electron chi connectivity index (χ4n) is 2.39. The molecule has 2 aromatic carbocycles. The first-order valence-corrected chi connectivity index (χ1v) is 8.32. The minimum atomic E-state index is -0.398. The predicted octanol–water partition coefficient (Wildman–Crippen LogP) is 4.01. The Morgan fingerprint density at radius 1 is 1.07 bits per heavy atom. The Hall–Kier alpha value is -3.92. The lowest BCUT2D eigenvalue weighted by Crippen LogP contribution is -2.08. The number of benzene rings is 2. The molecule has 2 N–H and O–H groups in total. The van der Waals surface area contributed by atoms with E-state index in [1.54, 1.807) is 55.5 Å². The number of hydrogen-bond donors (Lipinski definition) is 2. The van der Waals surface area contributed by atoms with Crippen molar-refractivity contribution in [2.24, 2.45) is 0 Å². The smallest absolute Gasteiger partial charge is 0.340 e. The molecule has 134 valence electrons. The third kappa shape index (κ3) is 4.58. The van der Waals surface area contributed by atoms with Gasteiger partial charge in [0.2, 0.25) is 0 Å². The maximum absolute atomic E-state index is 12.1. The molecule has 0 atom stereocenters. The van der Waals surface area contributed by atoms with Crippen LogP contribution < -0.4 is 10.6 Å². The summed E-state index contributed by atoms with van der Waals surface area (Å²) in [7, 11) is 0. The van der Waals surface area contributed by atoms with Gasteiger partial charge in [0.15, 0.2) is 0 Å². The van der Waals surface area contributed by atoms with Gasteiger partial charge in [0.05, 0.1) is 29.5 Å². The Bertz CT molecular complexity index is 980. The van der Waals surface area contributed by atoms with Gasteiger partial charge in [-0.15, -0.1) is 0 Å². The number of aromatic nitrogens is 2. The second-order valence-corrected chi connectivity index (χ2v) is 5.49. The molecule has 3 aromatic rings. The Morgan fingerprint density at radius 2 is 1.78 bits per heavy atom. The van der Waals surface area contributed by atoms with Gasteiger partial charge in [-0.3, -0.25) is 0 Å². The summed E-state index contributed by atoms with van der Waals surface area (Å²) in [4.78, 5) is 20.5. The molecule has 0 fully saturated rings. The quantitative estimate of drug-likeness (QED) is 0.641. The molecule has 27 heavy (non-hydrogen) atoms. The number of para-hydroxylation sites is 1. The van der Waals surface area contributed by atoms with E-state index in [4.69, 9.17) is 10.00 Å². The summed E-state index contributed by atoms with van der Waals surface area (Å²) in [5.74, 6) is 0.703. The summed E-state index contributed by atoms with van der Waals surface area (Å²) >= 11 is 0. The highest BCUT2D eigenvalue weighted by Crippen LogP contribution is 2.22. The molecule has 0 bridgehead atoms. The summed E-state index contributed by atoms with van der Waals surface area (Å²) in [6.45, 7) is 2.07. The van der Waals surface area contributed by atoms with Gasteiger partial charge < -0.3 is 15.4 Å². The van der Waals surface area contributed by atoms with E-state index in [9.17, 15) is 4.79 Å². The summed E-state index contributed by atoms with van der Waals surface area (Å²) in [5.41, 5.74) is 2.41. The van der Waals surface area contributed by atoms with Crippen molar-refractivity contribution in [3.63, 3.8) is 0 Å². The van der Waals surface area contributed by atoms with Crippen molar-refractivity contribution >= 4 is 29.0 Å². The molecule has 3 rings (SSSR count). The standard InChI is InChI=1S/C20H17N5O2/c1-2-27-20(26)16-5-3-4-6-17(16)25-19-11-18(22-13-23-19)24-15-9-7-14(12-21)8-10-15/h3-11,13H,2H2,1H3,(H2,22,23,24,25). The SMILES string of the molecule is CCOC(=O)c1ccccc1Nc1cc(Nc2ccc(C#N)cc2)ncn1. The summed E-state index contributed by atoms with van der Waals surface area (Å²) in [6, 6.07) is 17.9. The number of nitrogens with one attached hydrogen (secondary N) is 2. The van der Waals surface area contributed by atoms with Crippen LogP contribution in [0.5, 0.6) is 0 Å². The summed E-state index contributed by atoms with van der Waals surface area (Å²) in [6.07, 6.45) is 1.42. The van der Waals surface area contributed by atoms with Gasteiger partial charge >= 0.3 is 5.97 Å². The number of carbonyl (C=O) groups is 1. The summed E-state index contributed by atoms with van der Waals surface area (Å²) < 4.78 is 5.08. The zero-order valence-electron chi connectivity index (χ0n) is 14.6. The van der Waals surface area contributed by atoms with E-state index in [1.807, 2.05) is 6.07 Å². The van der Waals surface area contributed by atoms with E-state index in [0.717, 1.165) is 5.69 Å². The van der Waals surface area contributed by atoms with Crippen molar-refractivity contribution in [1.29, 1.82) is 5.26 Å². The second-order valence-electron chi connectivity index (χ2n) is 5.49. The molecular formula is C20H17N5O2. The minimum Gasteiger partial charge on any atom is -0.462 e. The number of esters is 1. The maximum atomic E-state index is 12.1. The zero-order valence-corrected chi connectivity index (χ0v) is 14.6. The fraction of sp³-hybridized carbons (Fsp3) is 0.100. The maximum Gasteiger partial charge on any atom is 0.340 e. The van der Waals surface area contributed by atoms with E-state index < -0.39 is 5.97 Å². The lowest BCUT2D eigenvalue weighted by molar-refractivity contribution is 0.0527. The van der Waals surface area contributed by atoms with E-state index >= 15 is 0 Å². The van der Waals surface area contributed by atoms with Crippen LogP contribution >= 0.6 is 0 Å². The Balaban J connectivity index is 1.78. The number of rotatable bonds is 6. The van der Waals surface area contributed by atoms with Gasteiger partial charge in [-0.25, -0.2) is 14.8 Å². The zero-order chi connectivity index (χ0) is 19.1. The minimum absolute atomic E-state index is 0.305. The van der Waals surface area contributed by atoms with Crippen molar-refractivity contribution < 1.29 is 9.53 Å². The average molecular weight is 359 g/mol. The molecule has 1 heterocycles. The molecule has 0 unspecified atom stereocenters. The van der Waals surface area contributed by atoms with Crippen LogP contribution in [-0.4, -0.2) is 22.5 Å². The highest BCUT2D eigenvalue weighted by molar-refractivity contribution is 5.96. The third-order valence-corrected chi connectivity index (χ3v) is 3.64. The first-order valence-electron chi connectivity index (χ1n) is 8.32. The average Bonchev–Trinajstić information content (AvgIpc) is 2.69. The van der Waals surface area contributed by atoms with Gasteiger partial charge in [-0.05, 0) is 43.3 Å². The monoisotopic (exact) mass is 359 g/mol. The molecule has 0 aliphatic heterocycles. The molecular weight excluding hydrogens is 342 g/mol. The van der Waals surface area contributed by atoms with Crippen LogP contribution in [0.1, 0.15) is 22.8 Å². The molecule has 1 aromatic heterocycles. The van der Waals surface area contributed by atoms with Crippen LogP contribution in [0.15, 0.2) is 60.9 Å². The van der Waals surface area contributed by atoms with Crippen molar-refractivity contribution in [2.75, 3.05) is 17.2 Å². The van der Waals surface area contributed by atoms with E-state index in [0.29, 0.717) is 35.1 Å². The molecule has 0 aliphatic carbocycles. The van der Waals surface area contributed by atoms with Crippen LogP contribution in [0.4, 0.5) is 23.0 Å². The summed E-state index contributed by atoms with van der Waals surface area (Å²) in [5, 5.41) is 15.1. The molecule has 0 saturated heterocycles. The number of anilines is 4. The highest BCUT2D eigenvalue weighted by Gasteiger charge is 2.12. The van der Waals surface area contributed by atoms with Gasteiger partial charge in [0, 0.05) is 11.8 Å². The number of carbonyl (C=O) groups excluding carboxylic acids is 1. The van der Waals surface area contributed by atoms with Gasteiger partial charge in [0.25, 0.3) is 0 Å². The first kappa shape index (κ1) is 17.9. The van der Waals surface area contributed by atoms with Crippen LogP contribution in [0.3, 0.4) is 0 Å². The normalized spacial score (nSPS) is 9.93. The number of hydrogen-bond acceptors (Lipinski definition) is 7. The van der Waals surface area contributed by atoms with Crippen molar-refractivity contribution in [3.8, 4) is 6.07 Å². The number of ether oxygens (including phenoxy) is 1. The topological polar surface area (TPSA) is 99.9 Å². The molecule has 0 radical (unpaired) electrons. The van der Waals surface area contributed by atoms with E-state index in [-0.39, 0.29) is 0 Å². The predicted molar refractivity (Wildman–Crippen MR) is 102 cm³/mol. The lowest BCUT2D eigenvalue weighted by Gasteiger charge is -2.11. The largest absolute Gasteiger partial charge is 0.462 e. The van der Waals surface area contributed by atoms with Crippen LogP contribution in [0.25, 0.3) is 0 Å². The van der Waals surface area contributed by atoms with Crippen LogP contribution in [0, 0.1) is 11.3 Å². The van der Waals surface area contributed by atoms with Gasteiger partial charge in [0.1, 0.15) is 18.0 Å². The van der Waals surface area contributed by atoms with Crippen LogP contribution in [-0.2, 0) is 4.74 Å². The Kier molecular flexibility index (Phi) is 5.60.